The molecule has 1 atom stereocenters. The normalized spacial score (nSPS) is 20.5. The highest BCUT2D eigenvalue weighted by molar-refractivity contribution is 5.97. The molecule has 2 rings (SSSR count). The lowest BCUT2D eigenvalue weighted by Gasteiger charge is -2.12. The topological polar surface area (TPSA) is 77.1 Å². The number of hydrogen-bond donors (Lipinski definition) is 2. The van der Waals surface area contributed by atoms with Crippen LogP contribution in [0.25, 0.3) is 0 Å². The molecule has 0 saturated carbocycles. The first-order valence-electron chi connectivity index (χ1n) is 5.22. The molecule has 1 aromatic carbocycles. The van der Waals surface area contributed by atoms with E-state index in [0.717, 1.165) is 6.42 Å². The van der Waals surface area contributed by atoms with Crippen molar-refractivity contribution in [3.63, 3.8) is 0 Å². The van der Waals surface area contributed by atoms with Gasteiger partial charge in [-0.05, 0) is 18.2 Å². The van der Waals surface area contributed by atoms with Gasteiger partial charge in [0.2, 0.25) is 0 Å². The number of ether oxygens (including phenoxy) is 2. The number of nitrogens with zero attached hydrogens (tertiary/aromatic N) is 1. The predicted molar refractivity (Wildman–Crippen MR) is 58.8 cm³/mol. The zero-order valence-corrected chi connectivity index (χ0v) is 9.10. The van der Waals surface area contributed by atoms with Gasteiger partial charge in [-0.25, -0.2) is 4.39 Å². The van der Waals surface area contributed by atoms with Gasteiger partial charge in [0.25, 0.3) is 0 Å². The molecular formula is C11H13FN2O3. The average molecular weight is 240 g/mol. The molecule has 1 fully saturated rings. The molecule has 1 aliphatic heterocycles. The summed E-state index contributed by atoms with van der Waals surface area (Å²) in [4.78, 5) is 0. The van der Waals surface area contributed by atoms with E-state index in [2.05, 4.69) is 5.16 Å². The van der Waals surface area contributed by atoms with Crippen LogP contribution in [0.15, 0.2) is 23.4 Å². The van der Waals surface area contributed by atoms with Gasteiger partial charge < -0.3 is 20.4 Å². The number of hydrogen-bond acceptors (Lipinski definition) is 4. The number of oxime groups is 1. The molecule has 1 aromatic rings. The lowest BCUT2D eigenvalue weighted by Crippen LogP contribution is -2.17. The minimum Gasteiger partial charge on any atom is -0.485 e. The van der Waals surface area contributed by atoms with Gasteiger partial charge in [0.15, 0.2) is 17.4 Å². The summed E-state index contributed by atoms with van der Waals surface area (Å²) in [6, 6.07) is 4.16. The van der Waals surface area contributed by atoms with Crippen LogP contribution >= 0.6 is 0 Å². The second kappa shape index (κ2) is 5.01. The summed E-state index contributed by atoms with van der Waals surface area (Å²) in [5.74, 6) is -0.532. The summed E-state index contributed by atoms with van der Waals surface area (Å²) < 4.78 is 24.2. The minimum atomic E-state index is -0.541. The third-order valence-corrected chi connectivity index (χ3v) is 2.52. The van der Waals surface area contributed by atoms with Gasteiger partial charge in [-0.3, -0.25) is 0 Å². The van der Waals surface area contributed by atoms with E-state index in [1.54, 1.807) is 0 Å². The van der Waals surface area contributed by atoms with Gasteiger partial charge in [0, 0.05) is 12.0 Å². The van der Waals surface area contributed by atoms with Gasteiger partial charge in [-0.15, -0.1) is 0 Å². The molecule has 17 heavy (non-hydrogen) atoms. The quantitative estimate of drug-likeness (QED) is 0.359. The molecule has 0 aliphatic carbocycles. The van der Waals surface area contributed by atoms with Crippen LogP contribution in [0.5, 0.6) is 5.75 Å². The minimum absolute atomic E-state index is 0.112. The van der Waals surface area contributed by atoms with Crippen molar-refractivity contribution in [1.82, 2.24) is 0 Å². The highest BCUT2D eigenvalue weighted by Gasteiger charge is 2.19. The van der Waals surface area contributed by atoms with Crippen LogP contribution in [0.3, 0.4) is 0 Å². The largest absolute Gasteiger partial charge is 0.485 e. The molecule has 0 radical (unpaired) electrons. The Morgan fingerprint density at radius 2 is 2.41 bits per heavy atom. The van der Waals surface area contributed by atoms with Crippen molar-refractivity contribution in [3.8, 4) is 5.75 Å². The molecule has 1 heterocycles. The molecule has 0 bridgehead atoms. The zero-order valence-electron chi connectivity index (χ0n) is 9.10. The fourth-order valence-electron chi connectivity index (χ4n) is 1.60. The highest BCUT2D eigenvalue weighted by atomic mass is 19.1. The fraction of sp³-hybridized carbons (Fsp3) is 0.364. The van der Waals surface area contributed by atoms with Crippen molar-refractivity contribution >= 4 is 5.84 Å². The smallest absolute Gasteiger partial charge is 0.170 e. The summed E-state index contributed by atoms with van der Waals surface area (Å²) in [5, 5.41) is 11.3. The first kappa shape index (κ1) is 11.7. The number of halogens is 1. The van der Waals surface area contributed by atoms with E-state index in [1.807, 2.05) is 0 Å². The standard InChI is InChI=1S/C11H13FN2O3/c12-9-5-7(11(13)14-15)1-2-10(9)17-8-3-4-16-6-8/h1-2,5,8,15H,3-4,6H2,(H2,13,14). The van der Waals surface area contributed by atoms with Gasteiger partial charge >= 0.3 is 0 Å². The van der Waals surface area contributed by atoms with Crippen LogP contribution in [0.4, 0.5) is 4.39 Å². The Balaban J connectivity index is 2.13. The summed E-state index contributed by atoms with van der Waals surface area (Å²) in [7, 11) is 0. The molecular weight excluding hydrogens is 227 g/mol. The first-order chi connectivity index (χ1) is 8.20. The van der Waals surface area contributed by atoms with Gasteiger partial charge in [-0.1, -0.05) is 5.16 Å². The molecule has 0 amide bonds. The Morgan fingerprint density at radius 1 is 1.59 bits per heavy atom. The number of rotatable bonds is 3. The van der Waals surface area contributed by atoms with Crippen molar-refractivity contribution in [2.75, 3.05) is 13.2 Å². The van der Waals surface area contributed by atoms with E-state index < -0.39 is 5.82 Å². The second-order valence-corrected chi connectivity index (χ2v) is 3.73. The molecule has 1 aliphatic rings. The van der Waals surface area contributed by atoms with E-state index in [0.29, 0.717) is 18.8 Å². The first-order valence-corrected chi connectivity index (χ1v) is 5.22. The maximum atomic E-state index is 13.6. The summed E-state index contributed by atoms with van der Waals surface area (Å²) in [6.45, 7) is 1.11. The van der Waals surface area contributed by atoms with Crippen LogP contribution in [-0.2, 0) is 4.74 Å². The van der Waals surface area contributed by atoms with Crippen molar-refractivity contribution in [2.24, 2.45) is 10.9 Å². The SMILES string of the molecule is NC(=NO)c1ccc(OC2CCOC2)c(F)c1. The number of amidine groups is 1. The molecule has 92 valence electrons. The maximum absolute atomic E-state index is 13.6. The molecule has 1 unspecified atom stereocenters. The van der Waals surface area contributed by atoms with Crippen molar-refractivity contribution in [3.05, 3.63) is 29.6 Å². The van der Waals surface area contributed by atoms with E-state index in [9.17, 15) is 4.39 Å². The lowest BCUT2D eigenvalue weighted by atomic mass is 10.2. The summed E-state index contributed by atoms with van der Waals surface area (Å²) in [5.41, 5.74) is 5.65. The van der Waals surface area contributed by atoms with Crippen LogP contribution in [0.1, 0.15) is 12.0 Å². The second-order valence-electron chi connectivity index (χ2n) is 3.73. The van der Waals surface area contributed by atoms with Gasteiger partial charge in [-0.2, -0.15) is 0 Å². The Hall–Kier alpha value is -1.82. The monoisotopic (exact) mass is 240 g/mol. The molecule has 6 heteroatoms. The van der Waals surface area contributed by atoms with Crippen molar-refractivity contribution in [1.29, 1.82) is 0 Å². The third kappa shape index (κ3) is 2.65. The zero-order chi connectivity index (χ0) is 12.3. The molecule has 3 N–H and O–H groups in total. The van der Waals surface area contributed by atoms with Crippen LogP contribution in [-0.4, -0.2) is 30.4 Å². The maximum Gasteiger partial charge on any atom is 0.170 e. The number of nitrogens with two attached hydrogens (primary N) is 1. The Bertz CT molecular complexity index is 431. The Labute approximate surface area is 97.6 Å². The molecule has 0 aromatic heterocycles. The van der Waals surface area contributed by atoms with E-state index in [4.69, 9.17) is 20.4 Å². The summed E-state index contributed by atoms with van der Waals surface area (Å²) >= 11 is 0. The molecule has 1 saturated heterocycles. The lowest BCUT2D eigenvalue weighted by molar-refractivity contribution is 0.138. The van der Waals surface area contributed by atoms with Crippen LogP contribution in [0.2, 0.25) is 0 Å². The van der Waals surface area contributed by atoms with E-state index in [-0.39, 0.29) is 17.7 Å². The fourth-order valence-corrected chi connectivity index (χ4v) is 1.60. The van der Waals surface area contributed by atoms with Crippen molar-refractivity contribution < 1.29 is 19.1 Å². The highest BCUT2D eigenvalue weighted by Crippen LogP contribution is 2.21. The molecule has 5 nitrogen and oxygen atoms in total. The summed E-state index contributed by atoms with van der Waals surface area (Å²) in [6.07, 6.45) is 0.640. The Kier molecular flexibility index (Phi) is 3.43. The Morgan fingerprint density at radius 3 is 3.00 bits per heavy atom. The predicted octanol–water partition coefficient (Wildman–Crippen LogP) is 1.09. The van der Waals surface area contributed by atoms with Crippen LogP contribution < -0.4 is 10.5 Å². The average Bonchev–Trinajstić information content (AvgIpc) is 2.83. The van der Waals surface area contributed by atoms with Gasteiger partial charge in [0.1, 0.15) is 6.10 Å². The number of benzene rings is 1. The molecule has 0 spiro atoms. The van der Waals surface area contributed by atoms with Gasteiger partial charge in [0.05, 0.1) is 13.2 Å². The third-order valence-electron chi connectivity index (χ3n) is 2.52. The van der Waals surface area contributed by atoms with E-state index >= 15 is 0 Å². The van der Waals surface area contributed by atoms with E-state index in [1.165, 1.54) is 18.2 Å². The van der Waals surface area contributed by atoms with Crippen LogP contribution in [0, 0.1) is 5.82 Å². The van der Waals surface area contributed by atoms with Crippen molar-refractivity contribution in [2.45, 2.75) is 12.5 Å².